The summed E-state index contributed by atoms with van der Waals surface area (Å²) in [6.45, 7) is 0. The second kappa shape index (κ2) is 8.01. The highest BCUT2D eigenvalue weighted by Gasteiger charge is 2.24. The Balaban J connectivity index is 1.34. The minimum absolute atomic E-state index is 0.121. The quantitative estimate of drug-likeness (QED) is 0.759. The molecule has 1 fully saturated rings. The second-order valence-corrected chi connectivity index (χ2v) is 6.97. The third-order valence-corrected chi connectivity index (χ3v) is 5.12. The molecule has 0 saturated heterocycles. The Morgan fingerprint density at radius 3 is 2.79 bits per heavy atom. The first kappa shape index (κ1) is 17.9. The van der Waals surface area contributed by atoms with E-state index in [9.17, 15) is 4.79 Å². The number of rotatable bonds is 4. The highest BCUT2D eigenvalue weighted by molar-refractivity contribution is 5.94. The predicted octanol–water partition coefficient (Wildman–Crippen LogP) is 3.13. The number of hydrogen-bond acceptors (Lipinski definition) is 5. The molecule has 2 heterocycles. The minimum atomic E-state index is -0.121. The SMILES string of the molecule is N#Cc1cccc(C(=O)NC2CCC(n3cc(-c4cnccn4)cn3)CC2)c1. The van der Waals surface area contributed by atoms with Crippen LogP contribution in [0.4, 0.5) is 0 Å². The van der Waals surface area contributed by atoms with Crippen molar-refractivity contribution >= 4 is 5.91 Å². The van der Waals surface area contributed by atoms with Crippen molar-refractivity contribution in [2.24, 2.45) is 0 Å². The van der Waals surface area contributed by atoms with Crippen LogP contribution in [0.2, 0.25) is 0 Å². The van der Waals surface area contributed by atoms with E-state index in [0.29, 0.717) is 17.2 Å². The molecule has 4 rings (SSSR count). The molecule has 3 aromatic rings. The molecule has 140 valence electrons. The smallest absolute Gasteiger partial charge is 0.251 e. The summed E-state index contributed by atoms with van der Waals surface area (Å²) in [6, 6.07) is 9.32. The van der Waals surface area contributed by atoms with Gasteiger partial charge in [-0.15, -0.1) is 0 Å². The van der Waals surface area contributed by atoms with Crippen molar-refractivity contribution in [3.63, 3.8) is 0 Å². The minimum Gasteiger partial charge on any atom is -0.349 e. The average molecular weight is 372 g/mol. The van der Waals surface area contributed by atoms with Crippen LogP contribution in [0.1, 0.15) is 47.6 Å². The van der Waals surface area contributed by atoms with E-state index in [1.54, 1.807) is 42.9 Å². The molecule has 0 spiro atoms. The third-order valence-electron chi connectivity index (χ3n) is 5.12. The molecule has 7 heteroatoms. The molecule has 1 saturated carbocycles. The van der Waals surface area contributed by atoms with Crippen molar-refractivity contribution in [2.45, 2.75) is 37.8 Å². The van der Waals surface area contributed by atoms with Crippen molar-refractivity contribution in [2.75, 3.05) is 0 Å². The van der Waals surface area contributed by atoms with E-state index in [1.165, 1.54) is 0 Å². The maximum atomic E-state index is 12.4. The van der Waals surface area contributed by atoms with E-state index in [0.717, 1.165) is 36.9 Å². The Hall–Kier alpha value is -3.53. The lowest BCUT2D eigenvalue weighted by Gasteiger charge is -2.29. The third kappa shape index (κ3) is 3.91. The maximum absolute atomic E-state index is 12.4. The van der Waals surface area contributed by atoms with Gasteiger partial charge in [0.1, 0.15) is 0 Å². The van der Waals surface area contributed by atoms with Gasteiger partial charge in [0, 0.05) is 35.8 Å². The molecule has 28 heavy (non-hydrogen) atoms. The van der Waals surface area contributed by atoms with E-state index in [1.807, 2.05) is 17.1 Å². The van der Waals surface area contributed by atoms with Crippen molar-refractivity contribution in [3.8, 4) is 17.3 Å². The highest BCUT2D eigenvalue weighted by Crippen LogP contribution is 2.29. The van der Waals surface area contributed by atoms with Crippen molar-refractivity contribution in [3.05, 3.63) is 66.4 Å². The van der Waals surface area contributed by atoms with Crippen LogP contribution in [0, 0.1) is 11.3 Å². The fourth-order valence-electron chi connectivity index (χ4n) is 3.60. The number of nitrogens with zero attached hydrogens (tertiary/aromatic N) is 5. The molecule has 1 aliphatic rings. The summed E-state index contributed by atoms with van der Waals surface area (Å²) >= 11 is 0. The zero-order valence-electron chi connectivity index (χ0n) is 15.3. The van der Waals surface area contributed by atoms with Gasteiger partial charge >= 0.3 is 0 Å². The zero-order valence-corrected chi connectivity index (χ0v) is 15.3. The molecule has 0 radical (unpaired) electrons. The van der Waals surface area contributed by atoms with Gasteiger partial charge in [0.15, 0.2) is 0 Å². The summed E-state index contributed by atoms with van der Waals surface area (Å²) in [5, 5.41) is 16.6. The Morgan fingerprint density at radius 1 is 1.18 bits per heavy atom. The van der Waals surface area contributed by atoms with Gasteiger partial charge in [-0.2, -0.15) is 10.4 Å². The monoisotopic (exact) mass is 372 g/mol. The molecule has 2 aromatic heterocycles. The van der Waals surface area contributed by atoms with E-state index >= 15 is 0 Å². The molecule has 0 aliphatic heterocycles. The molecule has 0 atom stereocenters. The standard InChI is InChI=1S/C21H20N6O/c22-11-15-2-1-3-16(10-15)21(28)26-18-4-6-19(7-5-18)27-14-17(12-25-27)20-13-23-8-9-24-20/h1-3,8-10,12-14,18-19H,4-7H2,(H,26,28). The first-order valence-electron chi connectivity index (χ1n) is 9.34. The highest BCUT2D eigenvalue weighted by atomic mass is 16.1. The van der Waals surface area contributed by atoms with Crippen LogP contribution in [-0.2, 0) is 0 Å². The molecule has 1 aromatic carbocycles. The normalized spacial score (nSPS) is 19.0. The number of amides is 1. The lowest BCUT2D eigenvalue weighted by Crippen LogP contribution is -2.38. The summed E-state index contributed by atoms with van der Waals surface area (Å²) in [5.41, 5.74) is 2.80. The summed E-state index contributed by atoms with van der Waals surface area (Å²) in [5.74, 6) is -0.121. The Bertz CT molecular complexity index is 999. The molecule has 1 N–H and O–H groups in total. The first-order valence-corrected chi connectivity index (χ1v) is 9.34. The van der Waals surface area contributed by atoms with Crippen LogP contribution in [0.5, 0.6) is 0 Å². The molecule has 1 amide bonds. The number of nitrogens with one attached hydrogen (secondary N) is 1. The van der Waals surface area contributed by atoms with Crippen LogP contribution in [0.15, 0.2) is 55.2 Å². The fourth-order valence-corrected chi connectivity index (χ4v) is 3.60. The van der Waals surface area contributed by atoms with Crippen molar-refractivity contribution in [1.29, 1.82) is 5.26 Å². The molecule has 7 nitrogen and oxygen atoms in total. The van der Waals surface area contributed by atoms with Gasteiger partial charge in [0.25, 0.3) is 5.91 Å². The van der Waals surface area contributed by atoms with Crippen molar-refractivity contribution < 1.29 is 4.79 Å². The van der Waals surface area contributed by atoms with Crippen LogP contribution < -0.4 is 5.32 Å². The van der Waals surface area contributed by atoms with Gasteiger partial charge in [0.05, 0.1) is 35.8 Å². The first-order chi connectivity index (χ1) is 13.7. The average Bonchev–Trinajstić information content (AvgIpc) is 3.25. The lowest BCUT2D eigenvalue weighted by molar-refractivity contribution is 0.0921. The zero-order chi connectivity index (χ0) is 19.3. The number of carbonyl (C=O) groups is 1. The van der Waals surface area contributed by atoms with Gasteiger partial charge in [-0.3, -0.25) is 19.4 Å². The van der Waals surface area contributed by atoms with E-state index in [2.05, 4.69) is 26.5 Å². The van der Waals surface area contributed by atoms with Gasteiger partial charge < -0.3 is 5.32 Å². The fraction of sp³-hybridized carbons (Fsp3) is 0.286. The Labute approximate surface area is 163 Å². The topological polar surface area (TPSA) is 96.5 Å². The Kier molecular flexibility index (Phi) is 5.11. The van der Waals surface area contributed by atoms with Gasteiger partial charge in [-0.05, 0) is 43.9 Å². The maximum Gasteiger partial charge on any atom is 0.251 e. The van der Waals surface area contributed by atoms with Crippen LogP contribution in [0.3, 0.4) is 0 Å². The van der Waals surface area contributed by atoms with Crippen molar-refractivity contribution in [1.82, 2.24) is 25.1 Å². The number of benzene rings is 1. The van der Waals surface area contributed by atoms with Gasteiger partial charge in [0.2, 0.25) is 0 Å². The summed E-state index contributed by atoms with van der Waals surface area (Å²) < 4.78 is 2.00. The summed E-state index contributed by atoms with van der Waals surface area (Å²) in [6.07, 6.45) is 12.6. The van der Waals surface area contributed by atoms with E-state index in [4.69, 9.17) is 5.26 Å². The summed E-state index contributed by atoms with van der Waals surface area (Å²) in [7, 11) is 0. The molecule has 0 bridgehead atoms. The lowest BCUT2D eigenvalue weighted by atomic mass is 9.91. The molecular weight excluding hydrogens is 352 g/mol. The van der Waals surface area contributed by atoms with Crippen LogP contribution in [-0.4, -0.2) is 31.7 Å². The molecular formula is C21H20N6O. The summed E-state index contributed by atoms with van der Waals surface area (Å²) in [4.78, 5) is 20.9. The van der Waals surface area contributed by atoms with Crippen LogP contribution >= 0.6 is 0 Å². The second-order valence-electron chi connectivity index (χ2n) is 6.97. The number of hydrogen-bond donors (Lipinski definition) is 1. The number of nitriles is 1. The van der Waals surface area contributed by atoms with E-state index in [-0.39, 0.29) is 11.9 Å². The van der Waals surface area contributed by atoms with Gasteiger partial charge in [-0.25, -0.2) is 0 Å². The molecule has 1 aliphatic carbocycles. The van der Waals surface area contributed by atoms with E-state index < -0.39 is 0 Å². The van der Waals surface area contributed by atoms with Crippen LogP contribution in [0.25, 0.3) is 11.3 Å². The van der Waals surface area contributed by atoms with Gasteiger partial charge in [-0.1, -0.05) is 6.07 Å². The Morgan fingerprint density at radius 2 is 2.04 bits per heavy atom. The molecule has 0 unspecified atom stereocenters. The number of aromatic nitrogens is 4. The largest absolute Gasteiger partial charge is 0.349 e. The predicted molar refractivity (Wildman–Crippen MR) is 103 cm³/mol. The number of carbonyl (C=O) groups excluding carboxylic acids is 1.